The van der Waals surface area contributed by atoms with Crippen LogP contribution in [-0.2, 0) is 62.9 Å². The van der Waals surface area contributed by atoms with Gasteiger partial charge in [0.25, 0.3) is 0 Å². The molecule has 0 aromatic heterocycles. The average molecular weight is 544 g/mol. The standard InChI is InChI=1S/3C6H10O4.2Fe/c3*7-5(8)3-1-2-4-6(9)10;;/h3*1-4H2,(H,7,8)(H,9,10);;/q;;;2*+3/p-6. The van der Waals surface area contributed by atoms with Gasteiger partial charge >= 0.3 is 34.1 Å². The molecule has 0 aliphatic carbocycles. The van der Waals surface area contributed by atoms with E-state index in [4.69, 9.17) is 0 Å². The summed E-state index contributed by atoms with van der Waals surface area (Å²) in [6.07, 6.45) is 1.60. The first-order valence-electron chi connectivity index (χ1n) is 9.07. The van der Waals surface area contributed by atoms with Crippen LogP contribution in [0.1, 0.15) is 77.0 Å². The van der Waals surface area contributed by atoms with Crippen molar-refractivity contribution in [3.05, 3.63) is 0 Å². The normalized spacial score (nSPS) is 8.62. The molecule has 0 unspecified atom stereocenters. The van der Waals surface area contributed by atoms with Crippen molar-refractivity contribution in [1.29, 1.82) is 0 Å². The molecular formula is C18H24Fe2O12. The number of unbranched alkanes of at least 4 members (excludes halogenated alkanes) is 3. The van der Waals surface area contributed by atoms with Gasteiger partial charge in [-0.1, -0.05) is 0 Å². The Morgan fingerprint density at radius 1 is 0.312 bits per heavy atom. The second-order valence-corrected chi connectivity index (χ2v) is 5.85. The predicted octanol–water partition coefficient (Wildman–Crippen LogP) is -5.87. The van der Waals surface area contributed by atoms with Crippen LogP contribution in [0.25, 0.3) is 0 Å². The van der Waals surface area contributed by atoms with Gasteiger partial charge < -0.3 is 59.4 Å². The first kappa shape index (κ1) is 40.2. The number of carboxylic acids is 6. The van der Waals surface area contributed by atoms with Gasteiger partial charge in [-0.2, -0.15) is 0 Å². The molecule has 184 valence electrons. The number of carbonyl (C=O) groups excluding carboxylic acids is 6. The van der Waals surface area contributed by atoms with Crippen molar-refractivity contribution < 1.29 is 93.5 Å². The monoisotopic (exact) mass is 544 g/mol. The maximum Gasteiger partial charge on any atom is 3.00 e. The molecule has 0 fully saturated rings. The number of carbonyl (C=O) groups is 6. The van der Waals surface area contributed by atoms with Gasteiger partial charge in [0.1, 0.15) is 0 Å². The molecule has 32 heavy (non-hydrogen) atoms. The molecule has 0 aliphatic rings. The number of hydrogen-bond donors (Lipinski definition) is 0. The van der Waals surface area contributed by atoms with Crippen LogP contribution in [0.3, 0.4) is 0 Å². The molecule has 0 saturated carbocycles. The average Bonchev–Trinajstić information content (AvgIpc) is 2.60. The summed E-state index contributed by atoms with van der Waals surface area (Å²) >= 11 is 0. The van der Waals surface area contributed by atoms with Crippen molar-refractivity contribution in [3.8, 4) is 0 Å². The molecule has 0 bridgehead atoms. The number of hydrogen-bond acceptors (Lipinski definition) is 12. The fourth-order valence-corrected chi connectivity index (χ4v) is 1.62. The minimum absolute atomic E-state index is 0. The van der Waals surface area contributed by atoms with Gasteiger partial charge in [-0.15, -0.1) is 0 Å². The molecule has 0 heterocycles. The smallest absolute Gasteiger partial charge is 0.550 e. The van der Waals surface area contributed by atoms with Gasteiger partial charge in [-0.25, -0.2) is 0 Å². The third-order valence-corrected chi connectivity index (χ3v) is 3.04. The van der Waals surface area contributed by atoms with Crippen molar-refractivity contribution in [2.75, 3.05) is 0 Å². The summed E-state index contributed by atoms with van der Waals surface area (Å²) in [4.78, 5) is 58.6. The fourth-order valence-electron chi connectivity index (χ4n) is 1.62. The molecule has 0 aromatic rings. The molecule has 0 rings (SSSR count). The van der Waals surface area contributed by atoms with Crippen LogP contribution in [0.4, 0.5) is 0 Å². The summed E-state index contributed by atoms with van der Waals surface area (Å²) < 4.78 is 0. The zero-order valence-electron chi connectivity index (χ0n) is 17.1. The maximum atomic E-state index is 9.77. The largest absolute Gasteiger partial charge is 3.00 e. The number of carboxylic acid groups (broad SMARTS) is 6. The molecule has 0 saturated heterocycles. The van der Waals surface area contributed by atoms with Crippen LogP contribution in [0.2, 0.25) is 0 Å². The van der Waals surface area contributed by atoms with E-state index >= 15 is 0 Å². The second kappa shape index (κ2) is 28.9. The minimum Gasteiger partial charge on any atom is -0.550 e. The Hall–Kier alpha value is -2.14. The van der Waals surface area contributed by atoms with Crippen LogP contribution in [-0.4, -0.2) is 35.8 Å². The van der Waals surface area contributed by atoms with Crippen molar-refractivity contribution in [2.45, 2.75) is 77.0 Å². The van der Waals surface area contributed by atoms with Crippen molar-refractivity contribution in [2.24, 2.45) is 0 Å². The van der Waals surface area contributed by atoms with Gasteiger partial charge in [0, 0.05) is 35.8 Å². The Morgan fingerprint density at radius 3 is 0.469 bits per heavy atom. The summed E-state index contributed by atoms with van der Waals surface area (Å²) in [5.41, 5.74) is 0. The molecule has 0 N–H and O–H groups in total. The van der Waals surface area contributed by atoms with Crippen LogP contribution >= 0.6 is 0 Å². The van der Waals surface area contributed by atoms with Crippen LogP contribution in [0.5, 0.6) is 0 Å². The van der Waals surface area contributed by atoms with Gasteiger partial charge in [0.2, 0.25) is 0 Å². The molecule has 0 aliphatic heterocycles. The van der Waals surface area contributed by atoms with Gasteiger partial charge in [0.15, 0.2) is 0 Å². The first-order chi connectivity index (χ1) is 13.9. The Kier molecular flexibility index (Phi) is 36.3. The van der Waals surface area contributed by atoms with Gasteiger partial charge in [0.05, 0.1) is 0 Å². The van der Waals surface area contributed by atoms with Gasteiger partial charge in [-0.3, -0.25) is 0 Å². The third kappa shape index (κ3) is 56.5. The third-order valence-electron chi connectivity index (χ3n) is 3.04. The SMILES string of the molecule is O=C([O-])CCCCC(=O)[O-].O=C([O-])CCCCC(=O)[O-].O=C([O-])CCCCC(=O)[O-].[Fe+3].[Fe+3]. The zero-order chi connectivity index (χ0) is 23.9. The molecule has 0 aromatic carbocycles. The van der Waals surface area contributed by atoms with E-state index in [1.165, 1.54) is 0 Å². The maximum absolute atomic E-state index is 9.77. The van der Waals surface area contributed by atoms with E-state index in [0.29, 0.717) is 38.5 Å². The van der Waals surface area contributed by atoms with E-state index in [0.717, 1.165) is 0 Å². The molecule has 0 spiro atoms. The van der Waals surface area contributed by atoms with Crippen molar-refractivity contribution >= 4 is 35.8 Å². The fraction of sp³-hybridized carbons (Fsp3) is 0.667. The molecule has 2 radical (unpaired) electrons. The topological polar surface area (TPSA) is 241 Å². The summed E-state index contributed by atoms with van der Waals surface area (Å²) in [6.45, 7) is 0. The number of rotatable bonds is 15. The predicted molar refractivity (Wildman–Crippen MR) is 85.4 cm³/mol. The minimum atomic E-state index is -1.14. The van der Waals surface area contributed by atoms with Crippen LogP contribution in [0, 0.1) is 0 Å². The Morgan fingerprint density at radius 2 is 0.406 bits per heavy atom. The Balaban J connectivity index is -0.000000110. The molecule has 14 heteroatoms. The van der Waals surface area contributed by atoms with E-state index in [2.05, 4.69) is 0 Å². The Labute approximate surface area is 206 Å². The molecule has 12 nitrogen and oxygen atoms in total. The Bertz CT molecular complexity index is 428. The van der Waals surface area contributed by atoms with Gasteiger partial charge in [-0.05, 0) is 77.0 Å². The summed E-state index contributed by atoms with van der Waals surface area (Å²) in [5.74, 6) is -6.84. The first-order valence-corrected chi connectivity index (χ1v) is 9.07. The van der Waals surface area contributed by atoms with Crippen molar-refractivity contribution in [3.63, 3.8) is 0 Å². The van der Waals surface area contributed by atoms with E-state index in [-0.39, 0.29) is 72.7 Å². The van der Waals surface area contributed by atoms with E-state index in [9.17, 15) is 59.4 Å². The number of aliphatic carboxylic acids is 6. The summed E-state index contributed by atoms with van der Waals surface area (Å²) in [7, 11) is 0. The van der Waals surface area contributed by atoms with E-state index in [1.807, 2.05) is 0 Å². The van der Waals surface area contributed by atoms with E-state index < -0.39 is 35.8 Å². The van der Waals surface area contributed by atoms with Crippen molar-refractivity contribution in [1.82, 2.24) is 0 Å². The zero-order valence-corrected chi connectivity index (χ0v) is 19.3. The summed E-state index contributed by atoms with van der Waals surface area (Å²) in [6, 6.07) is 0. The van der Waals surface area contributed by atoms with Crippen LogP contribution in [0.15, 0.2) is 0 Å². The van der Waals surface area contributed by atoms with Crippen LogP contribution < -0.4 is 30.6 Å². The molecule has 0 atom stereocenters. The molecule has 0 amide bonds. The molecular weight excluding hydrogens is 520 g/mol. The summed E-state index contributed by atoms with van der Waals surface area (Å²) in [5, 5.41) is 58.6. The van der Waals surface area contributed by atoms with E-state index in [1.54, 1.807) is 0 Å². The quantitative estimate of drug-likeness (QED) is 0.138. The second-order valence-electron chi connectivity index (χ2n) is 5.85.